The molecule has 3 aromatic rings. The number of ether oxygens (including phenoxy) is 2. The van der Waals surface area contributed by atoms with E-state index in [1.807, 2.05) is 31.2 Å². The van der Waals surface area contributed by atoms with Crippen LogP contribution in [0.25, 0.3) is 0 Å². The minimum Gasteiger partial charge on any atom is -0.494 e. The number of rotatable bonds is 7. The van der Waals surface area contributed by atoms with Gasteiger partial charge in [0.15, 0.2) is 0 Å². The molecule has 0 atom stereocenters. The summed E-state index contributed by atoms with van der Waals surface area (Å²) in [4.78, 5) is 8.47. The average Bonchev–Trinajstić information content (AvgIpc) is 2.63. The maximum atomic E-state index is 12.9. The van der Waals surface area contributed by atoms with Crippen LogP contribution in [0.2, 0.25) is 0 Å². The van der Waals surface area contributed by atoms with Crippen molar-refractivity contribution >= 4 is 5.95 Å². The normalized spacial score (nSPS) is 10.3. The highest BCUT2D eigenvalue weighted by Gasteiger charge is 2.03. The fourth-order valence-electron chi connectivity index (χ4n) is 2.20. The third kappa shape index (κ3) is 4.91. The zero-order valence-corrected chi connectivity index (χ0v) is 13.8. The van der Waals surface area contributed by atoms with E-state index in [0.29, 0.717) is 30.7 Å². The van der Waals surface area contributed by atoms with Crippen molar-refractivity contribution in [2.75, 3.05) is 11.9 Å². The molecule has 0 radical (unpaired) electrons. The lowest BCUT2D eigenvalue weighted by Gasteiger charge is -2.09. The van der Waals surface area contributed by atoms with Gasteiger partial charge >= 0.3 is 0 Å². The molecule has 5 nitrogen and oxygen atoms in total. The second kappa shape index (κ2) is 8.10. The highest BCUT2D eigenvalue weighted by Crippen LogP contribution is 2.20. The molecule has 1 heterocycles. The quantitative estimate of drug-likeness (QED) is 0.690. The van der Waals surface area contributed by atoms with Crippen LogP contribution in [-0.4, -0.2) is 16.6 Å². The summed E-state index contributed by atoms with van der Waals surface area (Å²) in [6, 6.07) is 15.2. The van der Waals surface area contributed by atoms with Gasteiger partial charge in [0.1, 0.15) is 17.3 Å². The van der Waals surface area contributed by atoms with Gasteiger partial charge in [-0.2, -0.15) is 4.98 Å². The Morgan fingerprint density at radius 3 is 2.68 bits per heavy atom. The molecule has 0 saturated carbocycles. The molecule has 6 heteroatoms. The summed E-state index contributed by atoms with van der Waals surface area (Å²) in [5, 5.41) is 3.15. The Morgan fingerprint density at radius 1 is 1.04 bits per heavy atom. The minimum atomic E-state index is -0.313. The summed E-state index contributed by atoms with van der Waals surface area (Å²) in [7, 11) is 0. The molecule has 0 bridgehead atoms. The van der Waals surface area contributed by atoms with Gasteiger partial charge < -0.3 is 14.8 Å². The third-order valence-electron chi connectivity index (χ3n) is 3.33. The van der Waals surface area contributed by atoms with Gasteiger partial charge in [-0.05, 0) is 48.9 Å². The maximum Gasteiger partial charge on any atom is 0.226 e. The SMILES string of the molecule is CCOc1cccc(CNc2nccc(Oc3ccc(F)cc3)n2)c1. The Hall–Kier alpha value is -3.15. The highest BCUT2D eigenvalue weighted by atomic mass is 19.1. The van der Waals surface area contributed by atoms with Gasteiger partial charge in [0.05, 0.1) is 6.61 Å². The number of aromatic nitrogens is 2. The molecular weight excluding hydrogens is 321 g/mol. The van der Waals surface area contributed by atoms with Crippen LogP contribution in [0.3, 0.4) is 0 Å². The lowest BCUT2D eigenvalue weighted by Crippen LogP contribution is -2.04. The van der Waals surface area contributed by atoms with E-state index in [4.69, 9.17) is 9.47 Å². The molecule has 0 saturated heterocycles. The summed E-state index contributed by atoms with van der Waals surface area (Å²) < 4.78 is 24.0. The number of halogens is 1. The van der Waals surface area contributed by atoms with Crippen LogP contribution in [0.15, 0.2) is 60.8 Å². The van der Waals surface area contributed by atoms with Gasteiger partial charge in [-0.25, -0.2) is 9.37 Å². The predicted octanol–water partition coefficient (Wildman–Crippen LogP) is 4.42. The van der Waals surface area contributed by atoms with Gasteiger partial charge in [-0.15, -0.1) is 0 Å². The Bertz CT molecular complexity index is 825. The monoisotopic (exact) mass is 339 g/mol. The number of hydrogen-bond donors (Lipinski definition) is 1. The maximum absolute atomic E-state index is 12.9. The first-order chi connectivity index (χ1) is 12.2. The van der Waals surface area contributed by atoms with Gasteiger partial charge in [0.2, 0.25) is 11.8 Å². The largest absolute Gasteiger partial charge is 0.494 e. The number of benzene rings is 2. The molecule has 0 fully saturated rings. The van der Waals surface area contributed by atoms with Crippen molar-refractivity contribution in [3.63, 3.8) is 0 Å². The van der Waals surface area contributed by atoms with Crippen molar-refractivity contribution in [3.05, 3.63) is 72.2 Å². The van der Waals surface area contributed by atoms with Crippen LogP contribution < -0.4 is 14.8 Å². The van der Waals surface area contributed by atoms with E-state index in [2.05, 4.69) is 15.3 Å². The Morgan fingerprint density at radius 2 is 1.88 bits per heavy atom. The minimum absolute atomic E-state index is 0.313. The van der Waals surface area contributed by atoms with E-state index in [-0.39, 0.29) is 5.82 Å². The molecule has 0 aliphatic heterocycles. The van der Waals surface area contributed by atoms with E-state index >= 15 is 0 Å². The molecule has 1 aromatic heterocycles. The standard InChI is InChI=1S/C19H18FN3O2/c1-2-24-17-5-3-4-14(12-17)13-22-19-21-11-10-18(23-19)25-16-8-6-15(20)7-9-16/h3-12H,2,13H2,1H3,(H,21,22,23). The summed E-state index contributed by atoms with van der Waals surface area (Å²) in [5.41, 5.74) is 1.06. The fraction of sp³-hybridized carbons (Fsp3) is 0.158. The molecule has 128 valence electrons. The van der Waals surface area contributed by atoms with Gasteiger partial charge in [0.25, 0.3) is 0 Å². The second-order valence-corrected chi connectivity index (χ2v) is 5.21. The molecular formula is C19H18FN3O2. The summed E-state index contributed by atoms with van der Waals surface area (Å²) in [5.74, 6) is 1.85. The predicted molar refractivity (Wildman–Crippen MR) is 93.4 cm³/mol. The summed E-state index contributed by atoms with van der Waals surface area (Å²) in [6.45, 7) is 3.13. The smallest absolute Gasteiger partial charge is 0.226 e. The lowest BCUT2D eigenvalue weighted by atomic mass is 10.2. The van der Waals surface area contributed by atoms with E-state index in [9.17, 15) is 4.39 Å². The van der Waals surface area contributed by atoms with Crippen LogP contribution in [0.1, 0.15) is 12.5 Å². The number of nitrogens with one attached hydrogen (secondary N) is 1. The summed E-state index contributed by atoms with van der Waals surface area (Å²) >= 11 is 0. The topological polar surface area (TPSA) is 56.3 Å². The third-order valence-corrected chi connectivity index (χ3v) is 3.33. The molecule has 1 N–H and O–H groups in total. The average molecular weight is 339 g/mol. The Balaban J connectivity index is 1.63. The van der Waals surface area contributed by atoms with Gasteiger partial charge in [0, 0.05) is 18.8 Å². The van der Waals surface area contributed by atoms with Crippen LogP contribution >= 0.6 is 0 Å². The van der Waals surface area contributed by atoms with Crippen LogP contribution in [0.4, 0.5) is 10.3 Å². The van der Waals surface area contributed by atoms with E-state index in [1.165, 1.54) is 12.1 Å². The molecule has 0 unspecified atom stereocenters. The lowest BCUT2D eigenvalue weighted by molar-refractivity contribution is 0.340. The number of nitrogens with zero attached hydrogens (tertiary/aromatic N) is 2. The van der Waals surface area contributed by atoms with Crippen LogP contribution in [0, 0.1) is 5.82 Å². The zero-order valence-electron chi connectivity index (χ0n) is 13.8. The molecule has 0 aliphatic carbocycles. The van der Waals surface area contributed by atoms with Crippen LogP contribution in [-0.2, 0) is 6.54 Å². The number of hydrogen-bond acceptors (Lipinski definition) is 5. The van der Waals surface area contributed by atoms with Gasteiger partial charge in [-0.3, -0.25) is 0 Å². The second-order valence-electron chi connectivity index (χ2n) is 5.21. The van der Waals surface area contributed by atoms with Crippen molar-refractivity contribution < 1.29 is 13.9 Å². The molecule has 0 spiro atoms. The fourth-order valence-corrected chi connectivity index (χ4v) is 2.20. The van der Waals surface area contributed by atoms with Crippen molar-refractivity contribution in [3.8, 4) is 17.4 Å². The first-order valence-electron chi connectivity index (χ1n) is 7.95. The molecule has 0 amide bonds. The van der Waals surface area contributed by atoms with Crippen molar-refractivity contribution in [2.45, 2.75) is 13.5 Å². The molecule has 0 aliphatic rings. The van der Waals surface area contributed by atoms with E-state index in [1.54, 1.807) is 24.4 Å². The molecule has 2 aromatic carbocycles. The first kappa shape index (κ1) is 16.7. The van der Waals surface area contributed by atoms with Crippen molar-refractivity contribution in [2.24, 2.45) is 0 Å². The van der Waals surface area contributed by atoms with Gasteiger partial charge in [-0.1, -0.05) is 12.1 Å². The van der Waals surface area contributed by atoms with E-state index in [0.717, 1.165) is 11.3 Å². The van der Waals surface area contributed by atoms with E-state index < -0.39 is 0 Å². The van der Waals surface area contributed by atoms with Crippen molar-refractivity contribution in [1.29, 1.82) is 0 Å². The summed E-state index contributed by atoms with van der Waals surface area (Å²) in [6.07, 6.45) is 1.60. The first-order valence-corrected chi connectivity index (χ1v) is 7.95. The van der Waals surface area contributed by atoms with Crippen molar-refractivity contribution in [1.82, 2.24) is 9.97 Å². The number of anilines is 1. The van der Waals surface area contributed by atoms with Crippen LogP contribution in [0.5, 0.6) is 17.4 Å². The zero-order chi connectivity index (χ0) is 17.5. The Labute approximate surface area is 145 Å². The Kier molecular flexibility index (Phi) is 5.41. The molecule has 25 heavy (non-hydrogen) atoms. The highest BCUT2D eigenvalue weighted by molar-refractivity contribution is 5.34. The molecule has 3 rings (SSSR count).